The maximum absolute atomic E-state index is 13.3. The number of allylic oxidation sites excluding steroid dienone is 1. The number of aliphatic hydroxyl groups excluding tert-OH is 1. The monoisotopic (exact) mass is 638 g/mol. The second kappa shape index (κ2) is 14.5. The summed E-state index contributed by atoms with van der Waals surface area (Å²) in [4.78, 5) is 20.2. The zero-order valence-corrected chi connectivity index (χ0v) is 26.8. The molecule has 0 spiro atoms. The number of benzene rings is 2. The minimum Gasteiger partial charge on any atom is -0.491 e. The fourth-order valence-electron chi connectivity index (χ4n) is 6.28. The Morgan fingerprint density at radius 1 is 1.06 bits per heavy atom. The maximum atomic E-state index is 13.3. The number of aliphatic imine (C=N–C) groups is 1. The van der Waals surface area contributed by atoms with E-state index in [9.17, 15) is 4.79 Å². The first-order valence-corrected chi connectivity index (χ1v) is 16.2. The molecule has 0 radical (unpaired) electrons. The number of nitrogens with zero attached hydrogens (tertiary/aromatic N) is 5. The average molecular weight is 639 g/mol. The SMILES string of the molecule is CC(N)=CC(=Nc1cccc(OCCO)c1)NC(=O)NC1CCC(Oc2ccc3nnc(N4CCCCC4C)n3c2)c2ccccc21. The summed E-state index contributed by atoms with van der Waals surface area (Å²) in [5.74, 6) is 2.44. The van der Waals surface area contributed by atoms with E-state index in [2.05, 4.69) is 43.7 Å². The van der Waals surface area contributed by atoms with Crippen molar-refractivity contribution in [1.82, 2.24) is 25.2 Å². The number of piperidine rings is 1. The van der Waals surface area contributed by atoms with Crippen LogP contribution in [0.5, 0.6) is 11.5 Å². The number of fused-ring (bicyclic) bond motifs is 2. The van der Waals surface area contributed by atoms with Crippen molar-refractivity contribution in [2.75, 3.05) is 24.7 Å². The van der Waals surface area contributed by atoms with Gasteiger partial charge in [-0.1, -0.05) is 30.3 Å². The number of hydrogen-bond donors (Lipinski definition) is 4. The number of amidine groups is 1. The summed E-state index contributed by atoms with van der Waals surface area (Å²) in [5.41, 5.74) is 9.83. The van der Waals surface area contributed by atoms with Crippen LogP contribution in [0.2, 0.25) is 0 Å². The summed E-state index contributed by atoms with van der Waals surface area (Å²) in [5, 5.41) is 23.9. The molecule has 12 heteroatoms. The quantitative estimate of drug-likeness (QED) is 0.142. The van der Waals surface area contributed by atoms with Crippen LogP contribution in [0.1, 0.15) is 69.2 Å². The number of urea groups is 1. The predicted molar refractivity (Wildman–Crippen MR) is 181 cm³/mol. The molecule has 1 aliphatic carbocycles. The van der Waals surface area contributed by atoms with Crippen molar-refractivity contribution < 1.29 is 19.4 Å². The molecule has 3 heterocycles. The molecule has 2 amide bonds. The lowest BCUT2D eigenvalue weighted by atomic mass is 9.85. The molecular formula is C35H42N8O4. The summed E-state index contributed by atoms with van der Waals surface area (Å²) in [6.45, 7) is 5.01. The van der Waals surface area contributed by atoms with Crippen molar-refractivity contribution in [1.29, 1.82) is 0 Å². The summed E-state index contributed by atoms with van der Waals surface area (Å²) in [6.07, 6.45) is 8.32. The molecule has 3 atom stereocenters. The Morgan fingerprint density at radius 3 is 2.72 bits per heavy atom. The first-order valence-electron chi connectivity index (χ1n) is 16.2. The lowest BCUT2D eigenvalue weighted by Gasteiger charge is -2.33. The van der Waals surface area contributed by atoms with Crippen LogP contribution >= 0.6 is 0 Å². The summed E-state index contributed by atoms with van der Waals surface area (Å²) in [7, 11) is 0. The molecule has 1 saturated heterocycles. The molecule has 3 unspecified atom stereocenters. The highest BCUT2D eigenvalue weighted by molar-refractivity contribution is 6.05. The van der Waals surface area contributed by atoms with Gasteiger partial charge in [-0.3, -0.25) is 9.72 Å². The molecule has 2 aromatic heterocycles. The van der Waals surface area contributed by atoms with Crippen LogP contribution in [-0.4, -0.2) is 57.4 Å². The lowest BCUT2D eigenvalue weighted by molar-refractivity contribution is 0.171. The van der Waals surface area contributed by atoms with E-state index >= 15 is 0 Å². The number of pyridine rings is 1. The molecule has 5 N–H and O–H groups in total. The number of ether oxygens (including phenoxy) is 2. The normalized spacial score (nSPS) is 20.1. The minimum atomic E-state index is -0.398. The van der Waals surface area contributed by atoms with E-state index in [1.54, 1.807) is 37.3 Å². The Bertz CT molecular complexity index is 1770. The number of nitrogens with one attached hydrogen (secondary N) is 2. The molecule has 47 heavy (non-hydrogen) atoms. The van der Waals surface area contributed by atoms with Crippen molar-refractivity contribution in [2.45, 2.75) is 64.1 Å². The Hall–Kier alpha value is -5.10. The van der Waals surface area contributed by atoms with E-state index in [0.717, 1.165) is 47.9 Å². The molecular weight excluding hydrogens is 596 g/mol. The Labute approximate surface area is 274 Å². The highest BCUT2D eigenvalue weighted by atomic mass is 16.5. The molecule has 12 nitrogen and oxygen atoms in total. The van der Waals surface area contributed by atoms with Gasteiger partial charge in [0.2, 0.25) is 5.95 Å². The van der Waals surface area contributed by atoms with Crippen molar-refractivity contribution in [3.8, 4) is 11.5 Å². The third-order valence-corrected chi connectivity index (χ3v) is 8.47. The van der Waals surface area contributed by atoms with E-state index < -0.39 is 6.03 Å². The predicted octanol–water partition coefficient (Wildman–Crippen LogP) is 5.33. The second-order valence-corrected chi connectivity index (χ2v) is 12.0. The topological polar surface area (TPSA) is 152 Å². The highest BCUT2D eigenvalue weighted by Crippen LogP contribution is 2.39. The number of aromatic nitrogens is 3. The van der Waals surface area contributed by atoms with Gasteiger partial charge < -0.3 is 30.5 Å². The first-order chi connectivity index (χ1) is 22.9. The average Bonchev–Trinajstić information content (AvgIpc) is 3.48. The largest absolute Gasteiger partial charge is 0.491 e. The second-order valence-electron chi connectivity index (χ2n) is 12.0. The van der Waals surface area contributed by atoms with E-state index in [1.165, 1.54) is 6.42 Å². The molecule has 246 valence electrons. The van der Waals surface area contributed by atoms with Gasteiger partial charge in [0.05, 0.1) is 24.5 Å². The number of nitrogens with two attached hydrogens (primary N) is 1. The standard InChI is InChI=1S/C35H42N8O4/c1-23(36)20-32(37-25-9-7-10-26(21-25)46-19-18-44)39-34(45)38-30-14-15-31(29-12-4-3-11-28(29)30)47-27-13-16-33-40-41-35(43(33)22-27)42-17-6-5-8-24(42)2/h3-4,7,9-13,16,20-22,24,30-31,44H,5-6,8,14-15,17-19,36H2,1-2H3,(H2,37,38,39,45). The number of rotatable bonds is 9. The smallest absolute Gasteiger partial charge is 0.320 e. The van der Waals surface area contributed by atoms with Gasteiger partial charge in [-0.2, -0.15) is 0 Å². The zero-order valence-electron chi connectivity index (χ0n) is 26.8. The first kappa shape index (κ1) is 31.9. The van der Waals surface area contributed by atoms with Crippen LogP contribution in [0, 0.1) is 0 Å². The summed E-state index contributed by atoms with van der Waals surface area (Å²) < 4.78 is 14.1. The molecule has 2 aromatic carbocycles. The van der Waals surface area contributed by atoms with E-state index in [4.69, 9.17) is 20.3 Å². The van der Waals surface area contributed by atoms with Gasteiger partial charge in [0.1, 0.15) is 30.0 Å². The van der Waals surface area contributed by atoms with Crippen molar-refractivity contribution in [2.24, 2.45) is 10.7 Å². The van der Waals surface area contributed by atoms with Crippen LogP contribution in [0.15, 0.2) is 83.6 Å². The Kier molecular flexibility index (Phi) is 9.86. The van der Waals surface area contributed by atoms with Crippen LogP contribution in [0.3, 0.4) is 0 Å². The third-order valence-electron chi connectivity index (χ3n) is 8.47. The molecule has 1 aliphatic heterocycles. The maximum Gasteiger partial charge on any atom is 0.320 e. The highest BCUT2D eigenvalue weighted by Gasteiger charge is 2.30. The van der Waals surface area contributed by atoms with E-state index in [0.29, 0.717) is 36.0 Å². The number of carbonyl (C=O) groups is 1. The molecule has 6 rings (SSSR count). The Morgan fingerprint density at radius 2 is 1.91 bits per heavy atom. The van der Waals surface area contributed by atoms with Crippen LogP contribution in [-0.2, 0) is 0 Å². The van der Waals surface area contributed by atoms with Gasteiger partial charge in [0.25, 0.3) is 0 Å². The molecule has 0 bridgehead atoms. The summed E-state index contributed by atoms with van der Waals surface area (Å²) >= 11 is 0. The molecule has 4 aromatic rings. The van der Waals surface area contributed by atoms with Crippen LogP contribution < -0.4 is 30.7 Å². The number of carbonyl (C=O) groups excluding carboxylic acids is 1. The van der Waals surface area contributed by atoms with Crippen molar-refractivity contribution in [3.63, 3.8) is 0 Å². The molecule has 1 fully saturated rings. The van der Waals surface area contributed by atoms with Gasteiger partial charge in [0.15, 0.2) is 5.65 Å². The van der Waals surface area contributed by atoms with Crippen molar-refractivity contribution in [3.05, 3.63) is 89.8 Å². The fourth-order valence-corrected chi connectivity index (χ4v) is 6.28. The molecule has 2 aliphatic rings. The fraction of sp³-hybridized carbons (Fsp3) is 0.371. The Balaban J connectivity index is 1.16. The number of hydrogen-bond acceptors (Lipinski definition) is 9. The van der Waals surface area contributed by atoms with Crippen molar-refractivity contribution >= 4 is 29.1 Å². The van der Waals surface area contributed by atoms with Gasteiger partial charge in [-0.15, -0.1) is 10.2 Å². The lowest BCUT2D eigenvalue weighted by Crippen LogP contribution is -2.42. The van der Waals surface area contributed by atoms with Crippen LogP contribution in [0.4, 0.5) is 16.4 Å². The van der Waals surface area contributed by atoms with E-state index in [1.807, 2.05) is 40.9 Å². The number of anilines is 1. The zero-order chi connectivity index (χ0) is 32.8. The number of amides is 2. The number of aliphatic hydroxyl groups is 1. The summed E-state index contributed by atoms with van der Waals surface area (Å²) in [6, 6.07) is 18.8. The van der Waals surface area contributed by atoms with Gasteiger partial charge in [-0.25, -0.2) is 9.79 Å². The van der Waals surface area contributed by atoms with Gasteiger partial charge >= 0.3 is 6.03 Å². The third kappa shape index (κ3) is 7.66. The minimum absolute atomic E-state index is 0.0924. The molecule has 0 saturated carbocycles. The van der Waals surface area contributed by atoms with E-state index in [-0.39, 0.29) is 31.2 Å². The van der Waals surface area contributed by atoms with Crippen LogP contribution in [0.25, 0.3) is 5.65 Å². The van der Waals surface area contributed by atoms with Gasteiger partial charge in [-0.05, 0) is 87.4 Å². The van der Waals surface area contributed by atoms with Gasteiger partial charge in [0, 0.05) is 24.4 Å².